The number of amides is 2. The van der Waals surface area contributed by atoms with E-state index in [-0.39, 0.29) is 29.9 Å². The summed E-state index contributed by atoms with van der Waals surface area (Å²) in [6.07, 6.45) is 2.52. The molecule has 0 radical (unpaired) electrons. The van der Waals surface area contributed by atoms with Crippen molar-refractivity contribution in [2.45, 2.75) is 43.9 Å². The Labute approximate surface area is 130 Å². The first kappa shape index (κ1) is 13.8. The van der Waals surface area contributed by atoms with Gasteiger partial charge in [-0.15, -0.1) is 0 Å². The Morgan fingerprint density at radius 2 is 1.82 bits per heavy atom. The molecule has 22 heavy (non-hydrogen) atoms. The third-order valence-electron chi connectivity index (χ3n) is 5.13. The standard InChI is InChI=1S/C17H21N3O2/c21-16-14-7-4-8-19(14)17(22)15-9-13(11-20(15)16)18-10-12-5-2-1-3-6-12/h1-3,5-6,13-15,18H,4,7-11H2/t13-,14+,15-/m0/s1. The van der Waals surface area contributed by atoms with E-state index in [1.54, 1.807) is 0 Å². The number of rotatable bonds is 3. The quantitative estimate of drug-likeness (QED) is 0.896. The number of nitrogens with zero attached hydrogens (tertiary/aromatic N) is 2. The van der Waals surface area contributed by atoms with Crippen LogP contribution < -0.4 is 5.32 Å². The Kier molecular flexibility index (Phi) is 3.37. The highest BCUT2D eigenvalue weighted by molar-refractivity contribution is 5.98. The van der Waals surface area contributed by atoms with E-state index in [1.165, 1.54) is 5.56 Å². The van der Waals surface area contributed by atoms with Gasteiger partial charge in [0.2, 0.25) is 11.8 Å². The summed E-state index contributed by atoms with van der Waals surface area (Å²) in [4.78, 5) is 28.7. The fourth-order valence-corrected chi connectivity index (χ4v) is 3.99. The lowest BCUT2D eigenvalue weighted by Crippen LogP contribution is -2.60. The van der Waals surface area contributed by atoms with Gasteiger partial charge in [-0.25, -0.2) is 0 Å². The van der Waals surface area contributed by atoms with E-state index < -0.39 is 0 Å². The Balaban J connectivity index is 1.43. The van der Waals surface area contributed by atoms with E-state index in [1.807, 2.05) is 28.0 Å². The Morgan fingerprint density at radius 1 is 1.05 bits per heavy atom. The molecule has 1 aromatic rings. The maximum absolute atomic E-state index is 12.6. The van der Waals surface area contributed by atoms with Gasteiger partial charge in [0, 0.05) is 25.7 Å². The molecule has 3 fully saturated rings. The van der Waals surface area contributed by atoms with E-state index in [2.05, 4.69) is 17.4 Å². The molecule has 5 heteroatoms. The first-order chi connectivity index (χ1) is 10.7. The molecular formula is C17H21N3O2. The van der Waals surface area contributed by atoms with Gasteiger partial charge in [-0.2, -0.15) is 0 Å². The van der Waals surface area contributed by atoms with Crippen molar-refractivity contribution in [1.29, 1.82) is 0 Å². The summed E-state index contributed by atoms with van der Waals surface area (Å²) in [7, 11) is 0. The molecule has 0 bridgehead atoms. The molecule has 0 spiro atoms. The maximum atomic E-state index is 12.6. The van der Waals surface area contributed by atoms with E-state index in [4.69, 9.17) is 0 Å². The normalized spacial score (nSPS) is 30.6. The predicted molar refractivity (Wildman–Crippen MR) is 81.9 cm³/mol. The molecule has 0 saturated carbocycles. The topological polar surface area (TPSA) is 52.7 Å². The zero-order valence-corrected chi connectivity index (χ0v) is 12.6. The van der Waals surface area contributed by atoms with Crippen LogP contribution in [0.25, 0.3) is 0 Å². The summed E-state index contributed by atoms with van der Waals surface area (Å²) in [5.41, 5.74) is 1.23. The predicted octanol–water partition coefficient (Wildman–Crippen LogP) is 0.750. The van der Waals surface area contributed by atoms with Crippen LogP contribution in [0.15, 0.2) is 30.3 Å². The van der Waals surface area contributed by atoms with Gasteiger partial charge in [-0.3, -0.25) is 9.59 Å². The second-order valence-electron chi connectivity index (χ2n) is 6.50. The molecule has 2 amide bonds. The number of nitrogens with one attached hydrogen (secondary N) is 1. The van der Waals surface area contributed by atoms with E-state index in [9.17, 15) is 9.59 Å². The molecule has 1 aromatic carbocycles. The fraction of sp³-hybridized carbons (Fsp3) is 0.529. The van der Waals surface area contributed by atoms with Crippen LogP contribution in [-0.4, -0.2) is 52.8 Å². The molecule has 0 aliphatic carbocycles. The van der Waals surface area contributed by atoms with Crippen LogP contribution in [0.5, 0.6) is 0 Å². The molecule has 1 N–H and O–H groups in total. The van der Waals surface area contributed by atoms with E-state index in [0.29, 0.717) is 6.54 Å². The van der Waals surface area contributed by atoms with Crippen molar-refractivity contribution in [3.05, 3.63) is 35.9 Å². The fourth-order valence-electron chi connectivity index (χ4n) is 3.99. The molecule has 3 aliphatic rings. The van der Waals surface area contributed by atoms with Gasteiger partial charge in [0.25, 0.3) is 0 Å². The monoisotopic (exact) mass is 299 g/mol. The maximum Gasteiger partial charge on any atom is 0.246 e. The van der Waals surface area contributed by atoms with Crippen molar-refractivity contribution in [1.82, 2.24) is 15.1 Å². The molecule has 3 heterocycles. The number of benzene rings is 1. The zero-order chi connectivity index (χ0) is 15.1. The first-order valence-corrected chi connectivity index (χ1v) is 8.12. The summed E-state index contributed by atoms with van der Waals surface area (Å²) < 4.78 is 0. The minimum atomic E-state index is -0.241. The van der Waals surface area contributed by atoms with E-state index in [0.717, 1.165) is 32.4 Å². The smallest absolute Gasteiger partial charge is 0.246 e. The van der Waals surface area contributed by atoms with Gasteiger partial charge < -0.3 is 15.1 Å². The van der Waals surface area contributed by atoms with Gasteiger partial charge >= 0.3 is 0 Å². The largest absolute Gasteiger partial charge is 0.329 e. The second kappa shape index (κ2) is 5.39. The summed E-state index contributed by atoms with van der Waals surface area (Å²) in [5.74, 6) is 0.317. The van der Waals surface area contributed by atoms with Crippen LogP contribution in [0.4, 0.5) is 0 Å². The number of piperazine rings is 1. The number of hydrogen-bond acceptors (Lipinski definition) is 3. The molecule has 0 unspecified atom stereocenters. The van der Waals surface area contributed by atoms with Crippen LogP contribution in [0.2, 0.25) is 0 Å². The Hall–Kier alpha value is -1.88. The van der Waals surface area contributed by atoms with Crippen molar-refractivity contribution in [2.75, 3.05) is 13.1 Å². The average Bonchev–Trinajstić information content (AvgIpc) is 3.19. The molecule has 3 aliphatic heterocycles. The summed E-state index contributed by atoms with van der Waals surface area (Å²) in [6.45, 7) is 2.19. The number of hydrogen-bond donors (Lipinski definition) is 1. The van der Waals surface area contributed by atoms with Gasteiger partial charge in [0.15, 0.2) is 0 Å². The molecule has 4 rings (SSSR count). The number of carbonyl (C=O) groups excluding carboxylic acids is 2. The van der Waals surface area contributed by atoms with Gasteiger partial charge in [-0.05, 0) is 24.8 Å². The van der Waals surface area contributed by atoms with Crippen LogP contribution in [-0.2, 0) is 16.1 Å². The van der Waals surface area contributed by atoms with Crippen LogP contribution in [0.1, 0.15) is 24.8 Å². The van der Waals surface area contributed by atoms with E-state index >= 15 is 0 Å². The molecular weight excluding hydrogens is 278 g/mol. The van der Waals surface area contributed by atoms with Crippen molar-refractivity contribution in [3.8, 4) is 0 Å². The van der Waals surface area contributed by atoms with Crippen LogP contribution in [0.3, 0.4) is 0 Å². The second-order valence-corrected chi connectivity index (χ2v) is 6.50. The molecule has 3 saturated heterocycles. The highest BCUT2D eigenvalue weighted by atomic mass is 16.2. The summed E-state index contributed by atoms with van der Waals surface area (Å²) in [6, 6.07) is 10.0. The number of fused-ring (bicyclic) bond motifs is 2. The highest BCUT2D eigenvalue weighted by Crippen LogP contribution is 2.32. The Bertz CT molecular complexity index is 559. The lowest BCUT2D eigenvalue weighted by atomic mass is 10.1. The number of carbonyl (C=O) groups is 2. The van der Waals surface area contributed by atoms with Gasteiger partial charge in [0.1, 0.15) is 12.1 Å². The lowest BCUT2D eigenvalue weighted by Gasteiger charge is -2.38. The van der Waals surface area contributed by atoms with Crippen LogP contribution in [0, 0.1) is 0 Å². The summed E-state index contributed by atoms with van der Waals surface area (Å²) in [5, 5.41) is 3.50. The molecule has 0 aromatic heterocycles. The summed E-state index contributed by atoms with van der Waals surface area (Å²) >= 11 is 0. The minimum Gasteiger partial charge on any atom is -0.329 e. The molecule has 3 atom stereocenters. The minimum absolute atomic E-state index is 0.158. The van der Waals surface area contributed by atoms with Gasteiger partial charge in [0.05, 0.1) is 0 Å². The van der Waals surface area contributed by atoms with Crippen molar-refractivity contribution < 1.29 is 9.59 Å². The molecule has 5 nitrogen and oxygen atoms in total. The van der Waals surface area contributed by atoms with Crippen molar-refractivity contribution in [2.24, 2.45) is 0 Å². The third-order valence-corrected chi connectivity index (χ3v) is 5.13. The molecule has 116 valence electrons. The lowest BCUT2D eigenvalue weighted by molar-refractivity contribution is -0.156. The van der Waals surface area contributed by atoms with Crippen molar-refractivity contribution in [3.63, 3.8) is 0 Å². The zero-order valence-electron chi connectivity index (χ0n) is 12.6. The van der Waals surface area contributed by atoms with Gasteiger partial charge in [-0.1, -0.05) is 30.3 Å². The third kappa shape index (κ3) is 2.20. The SMILES string of the molecule is O=C1[C@@H]2C[C@H](NCc3ccccc3)CN2C(=O)[C@H]2CCCN12. The highest BCUT2D eigenvalue weighted by Gasteiger charge is 2.51. The Morgan fingerprint density at radius 3 is 2.64 bits per heavy atom. The average molecular weight is 299 g/mol. The first-order valence-electron chi connectivity index (χ1n) is 8.12. The van der Waals surface area contributed by atoms with Crippen LogP contribution >= 0.6 is 0 Å². The van der Waals surface area contributed by atoms with Crippen molar-refractivity contribution >= 4 is 11.8 Å².